The normalized spacial score (nSPS) is 14.1. The molecule has 0 saturated carbocycles. The van der Waals surface area contributed by atoms with E-state index >= 15 is 0 Å². The van der Waals surface area contributed by atoms with E-state index in [0.29, 0.717) is 24.5 Å². The summed E-state index contributed by atoms with van der Waals surface area (Å²) in [6.45, 7) is 3.78. The number of nitro groups is 1. The average Bonchev–Trinajstić information content (AvgIpc) is 3.25. The maximum absolute atomic E-state index is 13.4. The van der Waals surface area contributed by atoms with Gasteiger partial charge in [0.1, 0.15) is 23.4 Å². The molecule has 1 amide bonds. The Morgan fingerprint density at radius 3 is 2.38 bits per heavy atom. The third-order valence-electron chi connectivity index (χ3n) is 6.61. The molecule has 3 heterocycles. The second-order valence-electron chi connectivity index (χ2n) is 8.94. The third-order valence-corrected chi connectivity index (χ3v) is 6.61. The van der Waals surface area contributed by atoms with Crippen molar-refractivity contribution in [2.24, 2.45) is 7.05 Å². The number of carbonyl (C=O) groups is 1. The summed E-state index contributed by atoms with van der Waals surface area (Å²) in [6, 6.07) is 18.3. The van der Waals surface area contributed by atoms with E-state index < -0.39 is 4.92 Å². The lowest BCUT2D eigenvalue weighted by molar-refractivity contribution is -0.385. The molecule has 1 aliphatic heterocycles. The SMILES string of the molecule is COc1ccc(CN2CCN(C(=O)c3cc4cc(Oc5ccc([N+](=O)[O-])cn5)ccc4n3C)CC2)cc1. The number of rotatable bonds is 7. The van der Waals surface area contributed by atoms with Crippen LogP contribution < -0.4 is 9.47 Å². The van der Waals surface area contributed by atoms with E-state index in [1.54, 1.807) is 13.2 Å². The van der Waals surface area contributed by atoms with Gasteiger partial charge in [-0.15, -0.1) is 0 Å². The minimum Gasteiger partial charge on any atom is -0.497 e. The Morgan fingerprint density at radius 1 is 1.00 bits per heavy atom. The van der Waals surface area contributed by atoms with Crippen molar-refractivity contribution in [1.82, 2.24) is 19.4 Å². The summed E-state index contributed by atoms with van der Waals surface area (Å²) in [4.78, 5) is 31.9. The summed E-state index contributed by atoms with van der Waals surface area (Å²) in [5.74, 6) is 1.63. The number of ether oxygens (including phenoxy) is 2. The van der Waals surface area contributed by atoms with Crippen molar-refractivity contribution < 1.29 is 19.2 Å². The molecule has 0 aliphatic carbocycles. The Morgan fingerprint density at radius 2 is 1.73 bits per heavy atom. The van der Waals surface area contributed by atoms with Gasteiger partial charge >= 0.3 is 0 Å². The van der Waals surface area contributed by atoms with Crippen LogP contribution in [0, 0.1) is 10.1 Å². The summed E-state index contributed by atoms with van der Waals surface area (Å²) in [5, 5.41) is 11.7. The number of hydrogen-bond donors (Lipinski definition) is 0. The first-order valence-corrected chi connectivity index (χ1v) is 11.9. The number of carbonyl (C=O) groups excluding carboxylic acids is 1. The quantitative estimate of drug-likeness (QED) is 0.276. The topological polar surface area (TPSA) is 103 Å². The number of pyridine rings is 1. The van der Waals surface area contributed by atoms with Gasteiger partial charge in [0.15, 0.2) is 0 Å². The molecule has 10 heteroatoms. The Labute approximate surface area is 213 Å². The molecule has 2 aromatic carbocycles. The highest BCUT2D eigenvalue weighted by atomic mass is 16.6. The first kappa shape index (κ1) is 24.3. The number of piperazine rings is 1. The van der Waals surface area contributed by atoms with Crippen LogP contribution >= 0.6 is 0 Å². The zero-order valence-electron chi connectivity index (χ0n) is 20.7. The smallest absolute Gasteiger partial charge is 0.287 e. The van der Waals surface area contributed by atoms with Crippen LogP contribution in [0.3, 0.4) is 0 Å². The highest BCUT2D eigenvalue weighted by molar-refractivity contribution is 5.99. The van der Waals surface area contributed by atoms with E-state index in [0.717, 1.165) is 42.5 Å². The van der Waals surface area contributed by atoms with E-state index in [1.807, 2.05) is 46.8 Å². The van der Waals surface area contributed by atoms with Gasteiger partial charge in [0.25, 0.3) is 11.6 Å². The number of methoxy groups -OCH3 is 1. The van der Waals surface area contributed by atoms with Gasteiger partial charge in [0.2, 0.25) is 5.88 Å². The van der Waals surface area contributed by atoms with Crippen molar-refractivity contribution in [2.75, 3.05) is 33.3 Å². The maximum Gasteiger partial charge on any atom is 0.287 e. The molecular weight excluding hydrogens is 474 g/mol. The Hall–Kier alpha value is -4.44. The predicted molar refractivity (Wildman–Crippen MR) is 138 cm³/mol. The van der Waals surface area contributed by atoms with Crippen LogP contribution in [-0.2, 0) is 13.6 Å². The van der Waals surface area contributed by atoms with Crippen LogP contribution in [0.5, 0.6) is 17.4 Å². The lowest BCUT2D eigenvalue weighted by Crippen LogP contribution is -2.48. The van der Waals surface area contributed by atoms with Crippen molar-refractivity contribution in [2.45, 2.75) is 6.54 Å². The zero-order valence-corrected chi connectivity index (χ0v) is 20.7. The monoisotopic (exact) mass is 501 g/mol. The standard InChI is InChI=1S/C27H27N5O5/c1-29-24-9-8-23(37-26-10-5-21(17-28-26)32(34)35)15-20(24)16-25(29)27(33)31-13-11-30(12-14-31)18-19-3-6-22(36-2)7-4-19/h3-10,15-17H,11-14,18H2,1-2H3. The van der Waals surface area contributed by atoms with Crippen molar-refractivity contribution >= 4 is 22.5 Å². The summed E-state index contributed by atoms with van der Waals surface area (Å²) in [7, 11) is 3.54. The number of aromatic nitrogens is 2. The van der Waals surface area contributed by atoms with Crippen LogP contribution in [0.25, 0.3) is 10.9 Å². The van der Waals surface area contributed by atoms with Crippen molar-refractivity contribution in [3.63, 3.8) is 0 Å². The van der Waals surface area contributed by atoms with Crippen molar-refractivity contribution in [3.8, 4) is 17.4 Å². The summed E-state index contributed by atoms with van der Waals surface area (Å²) < 4.78 is 12.9. The van der Waals surface area contributed by atoms with E-state index in [9.17, 15) is 14.9 Å². The van der Waals surface area contributed by atoms with E-state index in [-0.39, 0.29) is 17.5 Å². The van der Waals surface area contributed by atoms with Gasteiger partial charge in [0, 0.05) is 62.8 Å². The first-order chi connectivity index (χ1) is 17.9. The molecule has 0 atom stereocenters. The molecule has 10 nitrogen and oxygen atoms in total. The van der Waals surface area contributed by atoms with E-state index in [4.69, 9.17) is 9.47 Å². The Balaban J connectivity index is 1.24. The van der Waals surface area contributed by atoms with Gasteiger partial charge in [-0.2, -0.15) is 0 Å². The summed E-state index contributed by atoms with van der Waals surface area (Å²) in [5.41, 5.74) is 2.64. The van der Waals surface area contributed by atoms with Gasteiger partial charge in [-0.05, 0) is 42.0 Å². The fourth-order valence-corrected chi connectivity index (χ4v) is 4.52. The largest absolute Gasteiger partial charge is 0.497 e. The molecule has 0 unspecified atom stereocenters. The zero-order chi connectivity index (χ0) is 25.9. The van der Waals surface area contributed by atoms with Gasteiger partial charge in [-0.3, -0.25) is 19.8 Å². The number of nitrogens with zero attached hydrogens (tertiary/aromatic N) is 5. The molecule has 1 aliphatic rings. The van der Waals surface area contributed by atoms with E-state index in [1.165, 1.54) is 17.7 Å². The average molecular weight is 502 g/mol. The van der Waals surface area contributed by atoms with Crippen LogP contribution in [0.2, 0.25) is 0 Å². The molecule has 1 fully saturated rings. The predicted octanol–water partition coefficient (Wildman–Crippen LogP) is 4.24. The molecule has 0 radical (unpaired) electrons. The lowest BCUT2D eigenvalue weighted by atomic mass is 10.2. The molecule has 37 heavy (non-hydrogen) atoms. The van der Waals surface area contributed by atoms with Crippen LogP contribution in [0.15, 0.2) is 66.9 Å². The van der Waals surface area contributed by atoms with Gasteiger partial charge in [-0.1, -0.05) is 12.1 Å². The molecule has 2 aromatic heterocycles. The highest BCUT2D eigenvalue weighted by Crippen LogP contribution is 2.28. The number of amides is 1. The minimum absolute atomic E-state index is 0.00213. The molecular formula is C27H27N5O5. The second kappa shape index (κ2) is 10.3. The molecule has 1 saturated heterocycles. The minimum atomic E-state index is -0.508. The van der Waals surface area contributed by atoms with E-state index in [2.05, 4.69) is 22.0 Å². The lowest BCUT2D eigenvalue weighted by Gasteiger charge is -2.34. The Kier molecular flexibility index (Phi) is 6.74. The molecule has 190 valence electrons. The van der Waals surface area contributed by atoms with Gasteiger partial charge < -0.3 is 18.9 Å². The van der Waals surface area contributed by atoms with Crippen LogP contribution in [-0.4, -0.2) is 63.5 Å². The molecule has 5 rings (SSSR count). The van der Waals surface area contributed by atoms with Crippen LogP contribution in [0.1, 0.15) is 16.1 Å². The van der Waals surface area contributed by atoms with Crippen molar-refractivity contribution in [1.29, 1.82) is 0 Å². The molecule has 0 bridgehead atoms. The van der Waals surface area contributed by atoms with Gasteiger partial charge in [0.05, 0.1) is 12.0 Å². The number of hydrogen-bond acceptors (Lipinski definition) is 7. The number of benzene rings is 2. The molecule has 4 aromatic rings. The van der Waals surface area contributed by atoms with Crippen molar-refractivity contribution in [3.05, 3.63) is 88.2 Å². The fraction of sp³-hybridized carbons (Fsp3) is 0.259. The first-order valence-electron chi connectivity index (χ1n) is 11.9. The second-order valence-corrected chi connectivity index (χ2v) is 8.94. The highest BCUT2D eigenvalue weighted by Gasteiger charge is 2.25. The molecule has 0 N–H and O–H groups in total. The Bertz CT molecular complexity index is 1420. The number of aryl methyl sites for hydroxylation is 1. The fourth-order valence-electron chi connectivity index (χ4n) is 4.52. The number of fused-ring (bicyclic) bond motifs is 1. The summed E-state index contributed by atoms with van der Waals surface area (Å²) in [6.07, 6.45) is 1.16. The maximum atomic E-state index is 13.4. The summed E-state index contributed by atoms with van der Waals surface area (Å²) >= 11 is 0. The van der Waals surface area contributed by atoms with Gasteiger partial charge in [-0.25, -0.2) is 4.98 Å². The van der Waals surface area contributed by atoms with Crippen LogP contribution in [0.4, 0.5) is 5.69 Å². The molecule has 0 spiro atoms. The third kappa shape index (κ3) is 5.24.